The van der Waals surface area contributed by atoms with Crippen molar-refractivity contribution in [2.75, 3.05) is 7.05 Å². The molecule has 37 heavy (non-hydrogen) atoms. The predicted molar refractivity (Wildman–Crippen MR) is 127 cm³/mol. The molecule has 2 atom stereocenters. The van der Waals surface area contributed by atoms with Crippen molar-refractivity contribution < 1.29 is 17.2 Å². The normalized spacial score (nSPS) is 21.8. The highest BCUT2D eigenvalue weighted by molar-refractivity contribution is 7.89. The van der Waals surface area contributed by atoms with Gasteiger partial charge in [-0.3, -0.25) is 0 Å². The Kier molecular flexibility index (Phi) is 5.05. The third-order valence-corrected chi connectivity index (χ3v) is 9.07. The lowest BCUT2D eigenvalue weighted by atomic mass is 9.66. The summed E-state index contributed by atoms with van der Waals surface area (Å²) in [6.45, 7) is 4.26. The molecule has 2 bridgehead atoms. The molecule has 4 aromatic rings. The van der Waals surface area contributed by atoms with Gasteiger partial charge in [0.1, 0.15) is 18.0 Å². The first-order chi connectivity index (χ1) is 17.6. The predicted octanol–water partition coefficient (Wildman–Crippen LogP) is 2.90. The largest absolute Gasteiger partial charge is 0.282 e. The van der Waals surface area contributed by atoms with E-state index in [-0.39, 0.29) is 28.5 Å². The highest BCUT2D eigenvalue weighted by Gasteiger charge is 2.65. The molecule has 2 aliphatic carbocycles. The second-order valence-corrected chi connectivity index (χ2v) is 11.5. The summed E-state index contributed by atoms with van der Waals surface area (Å²) in [6, 6.07) is 7.26. The van der Waals surface area contributed by atoms with Crippen LogP contribution in [-0.2, 0) is 15.4 Å². The van der Waals surface area contributed by atoms with Gasteiger partial charge in [0.25, 0.3) is 21.1 Å². The average Bonchev–Trinajstić information content (AvgIpc) is 3.53. The minimum atomic E-state index is -3.83. The van der Waals surface area contributed by atoms with Crippen LogP contribution in [0.2, 0.25) is 0 Å². The van der Waals surface area contributed by atoms with Gasteiger partial charge in [0.2, 0.25) is 0 Å². The molecule has 0 saturated heterocycles. The van der Waals surface area contributed by atoms with Gasteiger partial charge in [-0.15, -0.1) is 10.2 Å². The van der Waals surface area contributed by atoms with E-state index < -0.39 is 32.2 Å². The van der Waals surface area contributed by atoms with Crippen molar-refractivity contribution in [1.82, 2.24) is 39.7 Å². The number of hydrogen-bond donors (Lipinski definition) is 1. The van der Waals surface area contributed by atoms with Crippen LogP contribution < -0.4 is 4.72 Å². The van der Waals surface area contributed by atoms with Gasteiger partial charge in [0.05, 0.1) is 28.1 Å². The number of halogens is 2. The molecular weight excluding hydrogens is 502 g/mol. The van der Waals surface area contributed by atoms with Crippen molar-refractivity contribution in [1.29, 1.82) is 0 Å². The maximum atomic E-state index is 14.5. The van der Waals surface area contributed by atoms with Crippen molar-refractivity contribution in [3.63, 3.8) is 0 Å². The molecule has 6 rings (SSSR count). The highest BCUT2D eigenvalue weighted by atomic mass is 32.2. The lowest BCUT2D eigenvalue weighted by molar-refractivity contribution is 0.242. The monoisotopic (exact) mass is 524 g/mol. The Morgan fingerprint density at radius 3 is 2.59 bits per heavy atom. The van der Waals surface area contributed by atoms with Gasteiger partial charge in [-0.05, 0) is 61.1 Å². The van der Waals surface area contributed by atoms with Gasteiger partial charge in [0, 0.05) is 6.20 Å². The van der Waals surface area contributed by atoms with Gasteiger partial charge >= 0.3 is 0 Å². The first kappa shape index (κ1) is 23.7. The summed E-state index contributed by atoms with van der Waals surface area (Å²) in [5.41, 5.74) is 1.27. The second-order valence-electron chi connectivity index (χ2n) is 9.77. The van der Waals surface area contributed by atoms with Crippen LogP contribution in [0.4, 0.5) is 8.78 Å². The number of hydrogen-bond acceptors (Lipinski definition) is 8. The fraction of sp³-hybridized carbons (Fsp3) is 0.333. The van der Waals surface area contributed by atoms with Gasteiger partial charge in [-0.25, -0.2) is 36.9 Å². The van der Waals surface area contributed by atoms with Crippen molar-refractivity contribution in [3.8, 4) is 17.2 Å². The second kappa shape index (κ2) is 7.89. The SMILES string of the molecule is CNS(=O)(=O)c1ncn(-c2nccc([C@@]34CC[C@@H](c5cc(-c6c(F)cccc6F)nnc53)C4(C)C)n2)n1. The Morgan fingerprint density at radius 1 is 1.11 bits per heavy atom. The topological polar surface area (TPSA) is 128 Å². The van der Waals surface area contributed by atoms with Crippen molar-refractivity contribution >= 4 is 10.0 Å². The van der Waals surface area contributed by atoms with E-state index in [1.54, 1.807) is 18.3 Å². The Hall–Kier alpha value is -3.71. The summed E-state index contributed by atoms with van der Waals surface area (Å²) in [5.74, 6) is -1.16. The molecule has 0 amide bonds. The fourth-order valence-electron chi connectivity index (χ4n) is 6.01. The summed E-state index contributed by atoms with van der Waals surface area (Å²) in [6.07, 6.45) is 4.39. The van der Waals surface area contributed by atoms with E-state index in [9.17, 15) is 17.2 Å². The lowest BCUT2D eigenvalue weighted by Crippen LogP contribution is -2.38. The number of nitrogens with zero attached hydrogens (tertiary/aromatic N) is 7. The van der Waals surface area contributed by atoms with Crippen molar-refractivity contribution in [2.24, 2.45) is 5.41 Å². The molecule has 0 spiro atoms. The Balaban J connectivity index is 1.48. The number of fused-ring (bicyclic) bond motifs is 5. The smallest absolute Gasteiger partial charge is 0.220 e. The van der Waals surface area contributed by atoms with Gasteiger partial charge < -0.3 is 0 Å². The third kappa shape index (κ3) is 3.20. The first-order valence-electron chi connectivity index (χ1n) is 11.6. The molecule has 1 N–H and O–H groups in total. The zero-order chi connectivity index (χ0) is 26.2. The summed E-state index contributed by atoms with van der Waals surface area (Å²) >= 11 is 0. The van der Waals surface area contributed by atoms with E-state index in [1.807, 2.05) is 0 Å². The van der Waals surface area contributed by atoms with Gasteiger partial charge in [0.15, 0.2) is 0 Å². The first-order valence-corrected chi connectivity index (χ1v) is 13.1. The molecular formula is C24H22F2N8O2S. The molecule has 3 aromatic heterocycles. The number of rotatable bonds is 5. The van der Waals surface area contributed by atoms with Crippen LogP contribution in [0.5, 0.6) is 0 Å². The van der Waals surface area contributed by atoms with E-state index in [4.69, 9.17) is 4.98 Å². The molecule has 1 aromatic carbocycles. The van der Waals surface area contributed by atoms with Crippen LogP contribution in [0.1, 0.15) is 49.6 Å². The van der Waals surface area contributed by atoms with Gasteiger partial charge in [-0.2, -0.15) is 9.78 Å². The maximum Gasteiger partial charge on any atom is 0.282 e. The van der Waals surface area contributed by atoms with Crippen LogP contribution in [-0.4, -0.2) is 50.4 Å². The molecule has 3 heterocycles. The van der Waals surface area contributed by atoms with Crippen LogP contribution in [0.25, 0.3) is 17.2 Å². The molecule has 13 heteroatoms. The van der Waals surface area contributed by atoms with Gasteiger partial charge in [-0.1, -0.05) is 19.9 Å². The quantitative estimate of drug-likeness (QED) is 0.422. The Labute approximate surface area is 211 Å². The van der Waals surface area contributed by atoms with E-state index in [1.165, 1.54) is 36.3 Å². The number of nitrogens with one attached hydrogen (secondary N) is 1. The zero-order valence-electron chi connectivity index (χ0n) is 20.1. The number of aromatic nitrogens is 7. The molecule has 1 fully saturated rings. The summed E-state index contributed by atoms with van der Waals surface area (Å²) < 4.78 is 56.5. The lowest BCUT2D eigenvalue weighted by Gasteiger charge is -2.37. The summed E-state index contributed by atoms with van der Waals surface area (Å²) in [4.78, 5) is 12.9. The van der Waals surface area contributed by atoms with E-state index in [0.717, 1.165) is 24.1 Å². The third-order valence-electron chi connectivity index (χ3n) is 7.87. The molecule has 2 aliphatic rings. The summed E-state index contributed by atoms with van der Waals surface area (Å²) in [5, 5.41) is 12.4. The van der Waals surface area contributed by atoms with Crippen molar-refractivity contribution in [2.45, 2.75) is 43.2 Å². The Morgan fingerprint density at radius 2 is 1.86 bits per heavy atom. The van der Waals surface area contributed by atoms with Crippen LogP contribution in [0.3, 0.4) is 0 Å². The zero-order valence-corrected chi connectivity index (χ0v) is 21.0. The Bertz CT molecular complexity index is 1650. The average molecular weight is 525 g/mol. The standard InChI is InChI=1S/C24H22F2N8O2S/c1-23(2)14-7-9-24(23,20-13(14)11-17(31-32-20)19-15(25)5-4-6-16(19)26)18-8-10-28-21(30-18)34-12-29-22(33-34)37(35,36)27-3/h4-6,8,10-12,14,27H,7,9H2,1-3H3/t14-,24-/m0/s1. The molecule has 0 aliphatic heterocycles. The maximum absolute atomic E-state index is 14.5. The number of benzene rings is 1. The van der Waals surface area contributed by atoms with E-state index >= 15 is 0 Å². The molecule has 190 valence electrons. The van der Waals surface area contributed by atoms with E-state index in [2.05, 4.69) is 43.8 Å². The van der Waals surface area contributed by atoms with Crippen LogP contribution >= 0.6 is 0 Å². The molecule has 0 radical (unpaired) electrons. The number of sulfonamides is 1. The molecule has 0 unspecified atom stereocenters. The van der Waals surface area contributed by atoms with Crippen LogP contribution in [0, 0.1) is 17.0 Å². The van der Waals surface area contributed by atoms with Crippen molar-refractivity contribution in [3.05, 3.63) is 71.4 Å². The molecule has 10 nitrogen and oxygen atoms in total. The minimum Gasteiger partial charge on any atom is -0.220 e. The summed E-state index contributed by atoms with van der Waals surface area (Å²) in [7, 11) is -2.56. The van der Waals surface area contributed by atoms with E-state index in [0.29, 0.717) is 5.69 Å². The fourth-order valence-corrected chi connectivity index (χ4v) is 6.58. The van der Waals surface area contributed by atoms with Crippen LogP contribution in [0.15, 0.2) is 48.0 Å². The highest BCUT2D eigenvalue weighted by Crippen LogP contribution is 2.69. The minimum absolute atomic E-state index is 0.0729. The molecule has 1 saturated carbocycles.